The van der Waals surface area contributed by atoms with Gasteiger partial charge in [-0.1, -0.05) is 18.2 Å². The average molecular weight is 325 g/mol. The molecule has 3 rings (SSSR count). The lowest BCUT2D eigenvalue weighted by Crippen LogP contribution is -2.35. The van der Waals surface area contributed by atoms with Crippen LogP contribution in [-0.2, 0) is 6.54 Å². The van der Waals surface area contributed by atoms with Gasteiger partial charge >= 0.3 is 0 Å². The first-order chi connectivity index (χ1) is 11.2. The topological polar surface area (TPSA) is 54.7 Å². The highest BCUT2D eigenvalue weighted by Gasteiger charge is 2.20. The van der Waals surface area contributed by atoms with Crippen molar-refractivity contribution < 1.29 is 4.79 Å². The van der Waals surface area contributed by atoms with Gasteiger partial charge in [0.2, 0.25) is 0 Å². The molecule has 0 aliphatic rings. The van der Waals surface area contributed by atoms with Gasteiger partial charge in [-0.15, -0.1) is 17.9 Å². The summed E-state index contributed by atoms with van der Waals surface area (Å²) < 4.78 is 1.38. The minimum absolute atomic E-state index is 0.0621. The van der Waals surface area contributed by atoms with Crippen molar-refractivity contribution in [3.05, 3.63) is 81.6 Å². The van der Waals surface area contributed by atoms with Crippen molar-refractivity contribution in [2.75, 3.05) is 6.54 Å². The van der Waals surface area contributed by atoms with Crippen LogP contribution in [0.1, 0.15) is 15.2 Å². The molecule has 0 saturated heterocycles. The number of nitrogens with zero attached hydrogens (tertiary/aromatic N) is 3. The van der Waals surface area contributed by atoms with Gasteiger partial charge < -0.3 is 4.90 Å². The zero-order valence-electron chi connectivity index (χ0n) is 12.4. The molecule has 116 valence electrons. The van der Waals surface area contributed by atoms with Gasteiger partial charge in [-0.05, 0) is 23.6 Å². The van der Waals surface area contributed by atoms with E-state index in [2.05, 4.69) is 11.6 Å². The van der Waals surface area contributed by atoms with Crippen molar-refractivity contribution in [2.45, 2.75) is 6.54 Å². The van der Waals surface area contributed by atoms with E-state index in [9.17, 15) is 9.59 Å². The third-order valence-electron chi connectivity index (χ3n) is 3.41. The molecule has 0 aliphatic heterocycles. The summed E-state index contributed by atoms with van der Waals surface area (Å²) in [6.07, 6.45) is 4.61. The van der Waals surface area contributed by atoms with Crippen LogP contribution in [-0.4, -0.2) is 26.7 Å². The van der Waals surface area contributed by atoms with Crippen LogP contribution in [0.15, 0.2) is 65.6 Å². The Balaban J connectivity index is 1.98. The van der Waals surface area contributed by atoms with Crippen LogP contribution in [0.4, 0.5) is 0 Å². The Morgan fingerprint density at radius 3 is 2.96 bits per heavy atom. The normalized spacial score (nSPS) is 10.6. The van der Waals surface area contributed by atoms with Crippen LogP contribution in [0.3, 0.4) is 0 Å². The third kappa shape index (κ3) is 3.07. The van der Waals surface area contributed by atoms with Crippen molar-refractivity contribution in [1.29, 1.82) is 0 Å². The average Bonchev–Trinajstić information content (AvgIpc) is 3.08. The lowest BCUT2D eigenvalue weighted by atomic mass is 10.2. The van der Waals surface area contributed by atoms with Gasteiger partial charge in [0, 0.05) is 23.8 Å². The monoisotopic (exact) mass is 325 g/mol. The number of rotatable bonds is 5. The van der Waals surface area contributed by atoms with E-state index >= 15 is 0 Å². The van der Waals surface area contributed by atoms with Gasteiger partial charge in [0.1, 0.15) is 11.2 Å². The summed E-state index contributed by atoms with van der Waals surface area (Å²) in [6.45, 7) is 4.50. The van der Waals surface area contributed by atoms with Gasteiger partial charge in [-0.2, -0.15) is 0 Å². The molecule has 0 radical (unpaired) electrons. The van der Waals surface area contributed by atoms with Gasteiger partial charge in [-0.25, -0.2) is 4.98 Å². The molecule has 23 heavy (non-hydrogen) atoms. The van der Waals surface area contributed by atoms with E-state index in [1.807, 2.05) is 17.5 Å². The first-order valence-corrected chi connectivity index (χ1v) is 7.97. The summed E-state index contributed by atoms with van der Waals surface area (Å²) in [6, 6.07) is 9.15. The standard InChI is InChI=1S/C17H15N3O2S/c1-2-8-19(12-13-6-5-10-23-13)16(21)14-11-18-15-7-3-4-9-20(15)17(14)22/h2-7,9-11H,1,8,12H2. The molecule has 0 aromatic carbocycles. The fraction of sp³-hybridized carbons (Fsp3) is 0.118. The number of carbonyl (C=O) groups excluding carboxylic acids is 1. The van der Waals surface area contributed by atoms with Crippen molar-refractivity contribution in [3.63, 3.8) is 0 Å². The zero-order valence-corrected chi connectivity index (χ0v) is 13.2. The predicted octanol–water partition coefficient (Wildman–Crippen LogP) is 2.58. The number of hydrogen-bond acceptors (Lipinski definition) is 4. The summed E-state index contributed by atoms with van der Waals surface area (Å²) in [7, 11) is 0. The first-order valence-electron chi connectivity index (χ1n) is 7.09. The Bertz CT molecular complexity index is 900. The maximum atomic E-state index is 12.8. The second-order valence-electron chi connectivity index (χ2n) is 4.96. The van der Waals surface area contributed by atoms with Crippen molar-refractivity contribution >= 4 is 22.9 Å². The quantitative estimate of drug-likeness (QED) is 0.678. The molecule has 0 atom stereocenters. The fourth-order valence-corrected chi connectivity index (χ4v) is 3.03. The Kier molecular flexibility index (Phi) is 4.34. The van der Waals surface area contributed by atoms with Gasteiger partial charge in [0.25, 0.3) is 11.5 Å². The number of amides is 1. The molecule has 3 aromatic rings. The van der Waals surface area contributed by atoms with Crippen molar-refractivity contribution in [2.24, 2.45) is 0 Å². The molecule has 0 fully saturated rings. The summed E-state index contributed by atoms with van der Waals surface area (Å²) in [5, 5.41) is 1.96. The third-order valence-corrected chi connectivity index (χ3v) is 4.27. The number of pyridine rings is 1. The van der Waals surface area contributed by atoms with Crippen LogP contribution in [0, 0.1) is 0 Å². The Hall–Kier alpha value is -2.73. The van der Waals surface area contributed by atoms with Gasteiger partial charge in [0.05, 0.1) is 6.54 Å². The molecule has 3 aromatic heterocycles. The van der Waals surface area contributed by atoms with E-state index in [0.717, 1.165) is 4.88 Å². The van der Waals surface area contributed by atoms with Crippen LogP contribution < -0.4 is 5.56 Å². The summed E-state index contributed by atoms with van der Waals surface area (Å²) in [4.78, 5) is 32.1. The minimum Gasteiger partial charge on any atom is -0.330 e. The number of carbonyl (C=O) groups is 1. The van der Waals surface area contributed by atoms with E-state index in [1.165, 1.54) is 10.6 Å². The summed E-state index contributed by atoms with van der Waals surface area (Å²) in [5.74, 6) is -0.339. The predicted molar refractivity (Wildman–Crippen MR) is 90.7 cm³/mol. The SMILES string of the molecule is C=CCN(Cc1cccs1)C(=O)c1cnc2ccccn2c1=O. The second kappa shape index (κ2) is 6.58. The molecule has 0 saturated carbocycles. The molecule has 0 unspecified atom stereocenters. The molecule has 0 N–H and O–H groups in total. The molecular weight excluding hydrogens is 310 g/mol. The molecule has 0 bridgehead atoms. The maximum Gasteiger partial charge on any atom is 0.270 e. The highest BCUT2D eigenvalue weighted by molar-refractivity contribution is 7.09. The van der Waals surface area contributed by atoms with E-state index < -0.39 is 0 Å². The molecule has 0 spiro atoms. The summed E-state index contributed by atoms with van der Waals surface area (Å²) in [5.41, 5.74) is 0.218. The first kappa shape index (κ1) is 15.2. The zero-order chi connectivity index (χ0) is 16.2. The van der Waals surface area contributed by atoms with Crippen LogP contribution in [0.5, 0.6) is 0 Å². The fourth-order valence-electron chi connectivity index (χ4n) is 2.31. The van der Waals surface area contributed by atoms with Crippen LogP contribution in [0.25, 0.3) is 5.65 Å². The number of aromatic nitrogens is 2. The minimum atomic E-state index is -0.360. The second-order valence-corrected chi connectivity index (χ2v) is 5.99. The van der Waals surface area contributed by atoms with Crippen molar-refractivity contribution in [3.8, 4) is 0 Å². The van der Waals surface area contributed by atoms with Crippen LogP contribution in [0.2, 0.25) is 0 Å². The summed E-state index contributed by atoms with van der Waals surface area (Å²) >= 11 is 1.57. The highest BCUT2D eigenvalue weighted by atomic mass is 32.1. The van der Waals surface area contributed by atoms with E-state index in [4.69, 9.17) is 0 Å². The maximum absolute atomic E-state index is 12.8. The molecule has 0 aliphatic carbocycles. The van der Waals surface area contributed by atoms with Gasteiger partial charge in [-0.3, -0.25) is 14.0 Å². The smallest absolute Gasteiger partial charge is 0.270 e. The molecule has 1 amide bonds. The Morgan fingerprint density at radius 2 is 2.22 bits per heavy atom. The van der Waals surface area contributed by atoms with E-state index in [0.29, 0.717) is 18.7 Å². The number of fused-ring (bicyclic) bond motifs is 1. The molecule has 5 nitrogen and oxygen atoms in total. The number of hydrogen-bond donors (Lipinski definition) is 0. The largest absolute Gasteiger partial charge is 0.330 e. The van der Waals surface area contributed by atoms with E-state index in [-0.39, 0.29) is 17.0 Å². The Morgan fingerprint density at radius 1 is 1.35 bits per heavy atom. The number of thiophene rings is 1. The van der Waals surface area contributed by atoms with Crippen LogP contribution >= 0.6 is 11.3 Å². The lowest BCUT2D eigenvalue weighted by Gasteiger charge is -2.20. The Labute approximate surface area is 137 Å². The molecule has 3 heterocycles. The molecule has 6 heteroatoms. The van der Waals surface area contributed by atoms with E-state index in [1.54, 1.807) is 46.7 Å². The highest BCUT2D eigenvalue weighted by Crippen LogP contribution is 2.13. The van der Waals surface area contributed by atoms with Gasteiger partial charge in [0.15, 0.2) is 0 Å². The molecular formula is C17H15N3O2S. The van der Waals surface area contributed by atoms with Crippen molar-refractivity contribution in [1.82, 2.24) is 14.3 Å². The lowest BCUT2D eigenvalue weighted by molar-refractivity contribution is 0.0762.